The van der Waals surface area contributed by atoms with E-state index in [4.69, 9.17) is 26.1 Å². The molecule has 1 atom stereocenters. The number of ether oxygens (including phenoxy) is 1. The van der Waals surface area contributed by atoms with Crippen molar-refractivity contribution in [3.05, 3.63) is 130 Å². The predicted molar refractivity (Wildman–Crippen MR) is 152 cm³/mol. The molecule has 216 valence electrons. The van der Waals surface area contributed by atoms with Gasteiger partial charge in [-0.3, -0.25) is 4.57 Å². The quantitative estimate of drug-likeness (QED) is 0.180. The lowest BCUT2D eigenvalue weighted by Crippen LogP contribution is -2.36. The number of hydrogen-bond acceptors (Lipinski definition) is 4. The van der Waals surface area contributed by atoms with E-state index < -0.39 is 39.9 Å². The lowest BCUT2D eigenvalue weighted by Gasteiger charge is -2.32. The molecule has 12 heteroatoms. The van der Waals surface area contributed by atoms with Crippen molar-refractivity contribution in [2.24, 2.45) is 0 Å². The van der Waals surface area contributed by atoms with Gasteiger partial charge in [0.1, 0.15) is 10.6 Å². The van der Waals surface area contributed by atoms with Gasteiger partial charge in [0.15, 0.2) is 0 Å². The highest BCUT2D eigenvalue weighted by Crippen LogP contribution is 2.60. The second-order valence-electron chi connectivity index (χ2n) is 9.22. The first kappa shape index (κ1) is 30.8. The smallest absolute Gasteiger partial charge is 0.399 e. The van der Waals surface area contributed by atoms with E-state index in [1.165, 1.54) is 29.6 Å². The van der Waals surface area contributed by atoms with Crippen LogP contribution in [0.5, 0.6) is 5.75 Å². The molecule has 0 aliphatic carbocycles. The summed E-state index contributed by atoms with van der Waals surface area (Å²) >= 11 is 6.10. The number of nitrogens with zero attached hydrogens (tertiary/aromatic N) is 1. The molecule has 0 spiro atoms. The molecule has 0 aliphatic heterocycles. The molecule has 4 rings (SSSR count). The third-order valence-corrected chi connectivity index (χ3v) is 9.70. The monoisotopic (exact) mass is 621 g/mol. The fourth-order valence-electron chi connectivity index (χ4n) is 4.46. The summed E-state index contributed by atoms with van der Waals surface area (Å²) < 4.78 is 75.6. The first-order valence-electron chi connectivity index (χ1n) is 12.3. The van der Waals surface area contributed by atoms with Crippen LogP contribution in [0.1, 0.15) is 28.3 Å². The summed E-state index contributed by atoms with van der Waals surface area (Å²) in [7, 11) is -8.80. The van der Waals surface area contributed by atoms with Crippen molar-refractivity contribution in [1.29, 1.82) is 0 Å². The van der Waals surface area contributed by atoms with Gasteiger partial charge in [0.25, 0.3) is 0 Å². The van der Waals surface area contributed by atoms with E-state index in [0.717, 1.165) is 17.7 Å². The zero-order valence-corrected chi connectivity index (χ0v) is 24.2. The fourth-order valence-corrected chi connectivity index (χ4v) is 7.11. The van der Waals surface area contributed by atoms with E-state index >= 15 is 0 Å². The van der Waals surface area contributed by atoms with E-state index in [0.29, 0.717) is 5.56 Å². The minimum absolute atomic E-state index is 0.0905. The Bertz CT molecular complexity index is 1650. The molecule has 0 aromatic heterocycles. The normalized spacial score (nSPS) is 13.2. The molecule has 0 saturated carbocycles. The number of halogens is 3. The summed E-state index contributed by atoms with van der Waals surface area (Å²) in [6, 6.07) is 26.8. The van der Waals surface area contributed by atoms with Gasteiger partial charge in [-0.1, -0.05) is 96.5 Å². The third kappa shape index (κ3) is 6.70. The molecule has 0 fully saturated rings. The first-order chi connectivity index (χ1) is 19.4. The SMILES string of the molecule is COc1ccccc1S(=O)(=O)N(Cc1ccc(C(F)(F)P(=O)(O)O)c(Cl)c1)C(Cc1ccccc1)c1ccccc1. The van der Waals surface area contributed by atoms with E-state index in [-0.39, 0.29) is 29.2 Å². The zero-order valence-electron chi connectivity index (χ0n) is 21.8. The van der Waals surface area contributed by atoms with Gasteiger partial charge in [-0.15, -0.1) is 0 Å². The molecule has 2 N–H and O–H groups in total. The van der Waals surface area contributed by atoms with Gasteiger partial charge in [-0.25, -0.2) is 8.42 Å². The highest BCUT2D eigenvalue weighted by Gasteiger charge is 2.51. The standard InChI is InChI=1S/C29H27ClF2NO6PS/c1-39-27-14-8-9-15-28(27)41(37,38)33(20-22-16-17-24(25(30)18-22)29(31,32)40(34,35)36)26(23-12-6-3-7-13-23)19-21-10-4-2-5-11-21/h2-18,26H,19-20H2,1H3,(H2,34,35,36). The molecule has 0 heterocycles. The first-order valence-corrected chi connectivity index (χ1v) is 15.8. The summed E-state index contributed by atoms with van der Waals surface area (Å²) in [5.74, 6) is 0.124. The summed E-state index contributed by atoms with van der Waals surface area (Å²) in [5.41, 5.74) is -3.81. The molecule has 4 aromatic carbocycles. The maximum Gasteiger partial charge on any atom is 0.399 e. The molecular weight excluding hydrogens is 595 g/mol. The van der Waals surface area contributed by atoms with Crippen LogP contribution in [-0.2, 0) is 33.2 Å². The second-order valence-corrected chi connectivity index (χ2v) is 13.1. The van der Waals surface area contributed by atoms with Crippen LogP contribution in [-0.4, -0.2) is 29.6 Å². The number of sulfonamides is 1. The van der Waals surface area contributed by atoms with Crippen molar-refractivity contribution in [2.45, 2.75) is 29.6 Å². The average molecular weight is 622 g/mol. The zero-order chi connectivity index (χ0) is 29.8. The molecule has 0 amide bonds. The molecular formula is C29H27ClF2NO6PS. The average Bonchev–Trinajstić information content (AvgIpc) is 2.95. The van der Waals surface area contributed by atoms with Crippen LogP contribution in [0.2, 0.25) is 5.02 Å². The van der Waals surface area contributed by atoms with E-state index in [1.54, 1.807) is 36.4 Å². The van der Waals surface area contributed by atoms with Gasteiger partial charge >= 0.3 is 13.3 Å². The van der Waals surface area contributed by atoms with Crippen LogP contribution in [0.4, 0.5) is 8.78 Å². The Morgan fingerprint density at radius 1 is 0.902 bits per heavy atom. The van der Waals surface area contributed by atoms with Crippen LogP contribution in [0.3, 0.4) is 0 Å². The second kappa shape index (κ2) is 12.4. The topological polar surface area (TPSA) is 104 Å². The molecule has 0 saturated heterocycles. The van der Waals surface area contributed by atoms with E-state index in [2.05, 4.69) is 0 Å². The van der Waals surface area contributed by atoms with Crippen molar-refractivity contribution in [3.8, 4) is 5.75 Å². The van der Waals surface area contributed by atoms with E-state index in [1.807, 2.05) is 36.4 Å². The van der Waals surface area contributed by atoms with Gasteiger partial charge in [-0.2, -0.15) is 13.1 Å². The van der Waals surface area contributed by atoms with Crippen molar-refractivity contribution < 1.29 is 36.3 Å². The van der Waals surface area contributed by atoms with Gasteiger partial charge in [0, 0.05) is 6.54 Å². The molecule has 0 radical (unpaired) electrons. The Hall–Kier alpha value is -3.11. The third-order valence-electron chi connectivity index (χ3n) is 6.52. The lowest BCUT2D eigenvalue weighted by molar-refractivity contribution is 0.0565. The highest BCUT2D eigenvalue weighted by molar-refractivity contribution is 7.89. The summed E-state index contributed by atoms with van der Waals surface area (Å²) in [6.45, 7) is -0.297. The van der Waals surface area contributed by atoms with Gasteiger partial charge in [0.05, 0.1) is 23.7 Å². The Balaban J connectivity index is 1.88. The van der Waals surface area contributed by atoms with Crippen molar-refractivity contribution in [3.63, 3.8) is 0 Å². The summed E-state index contributed by atoms with van der Waals surface area (Å²) in [6.07, 6.45) is 0.279. The maximum atomic E-state index is 14.4. The molecule has 41 heavy (non-hydrogen) atoms. The Kier molecular flexibility index (Phi) is 9.33. The van der Waals surface area contributed by atoms with Gasteiger partial charge in [-0.05, 0) is 41.3 Å². The van der Waals surface area contributed by atoms with Crippen molar-refractivity contribution in [2.75, 3.05) is 7.11 Å². The number of rotatable bonds is 11. The number of benzene rings is 4. The molecule has 4 aromatic rings. The fraction of sp³-hybridized carbons (Fsp3) is 0.172. The predicted octanol–water partition coefficient (Wildman–Crippen LogP) is 6.75. The molecule has 0 aliphatic rings. The number of alkyl halides is 2. The Morgan fingerprint density at radius 2 is 1.49 bits per heavy atom. The summed E-state index contributed by atoms with van der Waals surface area (Å²) in [5, 5.41) is -0.607. The van der Waals surface area contributed by atoms with E-state index in [9.17, 15) is 21.8 Å². The number of methoxy groups -OCH3 is 1. The van der Waals surface area contributed by atoms with Crippen LogP contribution in [0, 0.1) is 0 Å². The minimum atomic E-state index is -5.87. The van der Waals surface area contributed by atoms with Crippen LogP contribution < -0.4 is 4.74 Å². The van der Waals surface area contributed by atoms with Crippen LogP contribution in [0.25, 0.3) is 0 Å². The van der Waals surface area contributed by atoms with Crippen LogP contribution in [0.15, 0.2) is 108 Å². The minimum Gasteiger partial charge on any atom is -0.495 e. The molecule has 1 unspecified atom stereocenters. The lowest BCUT2D eigenvalue weighted by atomic mass is 9.98. The Labute approximate surface area is 242 Å². The molecule has 0 bridgehead atoms. The number of para-hydroxylation sites is 1. The Morgan fingerprint density at radius 3 is 2.07 bits per heavy atom. The van der Waals surface area contributed by atoms with Crippen molar-refractivity contribution in [1.82, 2.24) is 4.31 Å². The van der Waals surface area contributed by atoms with Crippen molar-refractivity contribution >= 4 is 29.2 Å². The number of hydrogen-bond donors (Lipinski definition) is 2. The summed E-state index contributed by atoms with van der Waals surface area (Å²) in [4.78, 5) is 18.2. The maximum absolute atomic E-state index is 14.4. The van der Waals surface area contributed by atoms with Crippen LogP contribution >= 0.6 is 19.2 Å². The highest BCUT2D eigenvalue weighted by atomic mass is 35.5. The largest absolute Gasteiger partial charge is 0.495 e. The van der Waals surface area contributed by atoms with Gasteiger partial charge < -0.3 is 14.5 Å². The van der Waals surface area contributed by atoms with Gasteiger partial charge in [0.2, 0.25) is 10.0 Å². The molecule has 7 nitrogen and oxygen atoms in total.